The number of rotatable bonds is 6. The van der Waals surface area contributed by atoms with E-state index in [9.17, 15) is 9.59 Å². The van der Waals surface area contributed by atoms with Gasteiger partial charge in [-0.15, -0.1) is 0 Å². The van der Waals surface area contributed by atoms with Gasteiger partial charge in [0.25, 0.3) is 0 Å². The number of anilines is 2. The molecule has 24 heavy (non-hydrogen) atoms. The summed E-state index contributed by atoms with van der Waals surface area (Å²) in [5.41, 5.74) is 2.40. The number of likely N-dealkylation sites (N-methyl/N-ethyl adjacent to an activating group) is 1. The minimum absolute atomic E-state index is 0.105. The summed E-state index contributed by atoms with van der Waals surface area (Å²) in [6.07, 6.45) is 0. The van der Waals surface area contributed by atoms with Crippen LogP contribution in [0.5, 0.6) is 0 Å². The fraction of sp³-hybridized carbons (Fsp3) is 0.222. The van der Waals surface area contributed by atoms with E-state index in [4.69, 9.17) is 11.6 Å². The first-order chi connectivity index (χ1) is 11.4. The third kappa shape index (κ3) is 5.68. The van der Waals surface area contributed by atoms with Crippen molar-refractivity contribution in [3.63, 3.8) is 0 Å². The van der Waals surface area contributed by atoms with Crippen LogP contribution >= 0.6 is 11.6 Å². The molecule has 0 atom stereocenters. The Morgan fingerprint density at radius 2 is 1.67 bits per heavy atom. The summed E-state index contributed by atoms with van der Waals surface area (Å²) in [7, 11) is 1.72. The largest absolute Gasteiger partial charge is 0.325 e. The standard InChI is InChI=1S/C18H20ClN3O2/c1-13-6-3-4-9-16(13)21-18(24)12-22(2)11-17(23)20-15-8-5-7-14(19)10-15/h3-10H,11-12H2,1-2H3,(H,20,23)(H,21,24). The number of hydrogen-bond acceptors (Lipinski definition) is 3. The Morgan fingerprint density at radius 1 is 1.00 bits per heavy atom. The Balaban J connectivity index is 1.81. The number of nitrogens with zero attached hydrogens (tertiary/aromatic N) is 1. The number of halogens is 1. The first kappa shape index (κ1) is 18.0. The molecule has 0 bridgehead atoms. The van der Waals surface area contributed by atoms with E-state index in [1.165, 1.54) is 0 Å². The fourth-order valence-corrected chi connectivity index (χ4v) is 2.41. The van der Waals surface area contributed by atoms with Crippen molar-refractivity contribution in [1.82, 2.24) is 4.90 Å². The predicted molar refractivity (Wildman–Crippen MR) is 97.4 cm³/mol. The van der Waals surface area contributed by atoms with Gasteiger partial charge in [0.1, 0.15) is 0 Å². The molecule has 126 valence electrons. The summed E-state index contributed by atoms with van der Waals surface area (Å²) in [4.78, 5) is 25.7. The molecule has 0 aliphatic rings. The maximum atomic E-state index is 12.1. The van der Waals surface area contributed by atoms with E-state index in [-0.39, 0.29) is 24.9 Å². The highest BCUT2D eigenvalue weighted by molar-refractivity contribution is 6.30. The lowest BCUT2D eigenvalue weighted by atomic mass is 10.2. The third-order valence-corrected chi connectivity index (χ3v) is 3.59. The van der Waals surface area contributed by atoms with Crippen molar-refractivity contribution < 1.29 is 9.59 Å². The maximum Gasteiger partial charge on any atom is 0.238 e. The van der Waals surface area contributed by atoms with Crippen molar-refractivity contribution >= 4 is 34.8 Å². The second-order valence-electron chi connectivity index (χ2n) is 5.59. The van der Waals surface area contributed by atoms with Gasteiger partial charge in [-0.2, -0.15) is 0 Å². The zero-order valence-electron chi connectivity index (χ0n) is 13.7. The second-order valence-corrected chi connectivity index (χ2v) is 6.03. The van der Waals surface area contributed by atoms with Crippen LogP contribution in [0.3, 0.4) is 0 Å². The van der Waals surface area contributed by atoms with Crippen LogP contribution in [-0.4, -0.2) is 36.9 Å². The first-order valence-electron chi connectivity index (χ1n) is 7.53. The van der Waals surface area contributed by atoms with Gasteiger partial charge in [0.2, 0.25) is 11.8 Å². The Kier molecular flexibility index (Phi) is 6.35. The summed E-state index contributed by atoms with van der Waals surface area (Å²) in [6, 6.07) is 14.5. The van der Waals surface area contributed by atoms with Gasteiger partial charge in [0.05, 0.1) is 13.1 Å². The number of benzene rings is 2. The van der Waals surface area contributed by atoms with Crippen molar-refractivity contribution in [3.05, 3.63) is 59.1 Å². The molecule has 0 saturated heterocycles. The Bertz CT molecular complexity index is 734. The number of para-hydroxylation sites is 1. The number of nitrogens with one attached hydrogen (secondary N) is 2. The summed E-state index contributed by atoms with van der Waals surface area (Å²) in [5, 5.41) is 6.15. The highest BCUT2D eigenvalue weighted by Gasteiger charge is 2.12. The third-order valence-electron chi connectivity index (χ3n) is 3.35. The second kappa shape index (κ2) is 8.47. The molecule has 0 unspecified atom stereocenters. The molecule has 2 aromatic rings. The summed E-state index contributed by atoms with van der Waals surface area (Å²) < 4.78 is 0. The van der Waals surface area contributed by atoms with Crippen LogP contribution in [0.25, 0.3) is 0 Å². The van der Waals surface area contributed by atoms with Crippen LogP contribution < -0.4 is 10.6 Å². The number of carbonyl (C=O) groups is 2. The van der Waals surface area contributed by atoms with E-state index in [0.717, 1.165) is 11.3 Å². The highest BCUT2D eigenvalue weighted by atomic mass is 35.5. The van der Waals surface area contributed by atoms with Crippen LogP contribution in [-0.2, 0) is 9.59 Å². The van der Waals surface area contributed by atoms with Crippen LogP contribution in [0.15, 0.2) is 48.5 Å². The van der Waals surface area contributed by atoms with E-state index in [0.29, 0.717) is 10.7 Å². The van der Waals surface area contributed by atoms with E-state index in [2.05, 4.69) is 10.6 Å². The molecule has 0 saturated carbocycles. The van der Waals surface area contributed by atoms with Crippen molar-refractivity contribution in [2.24, 2.45) is 0 Å². The number of hydrogen-bond donors (Lipinski definition) is 2. The smallest absolute Gasteiger partial charge is 0.238 e. The van der Waals surface area contributed by atoms with Gasteiger partial charge < -0.3 is 10.6 Å². The van der Waals surface area contributed by atoms with Crippen LogP contribution in [0.1, 0.15) is 5.56 Å². The molecule has 0 aliphatic carbocycles. The molecule has 0 fully saturated rings. The van der Waals surface area contributed by atoms with Crippen molar-refractivity contribution in [2.45, 2.75) is 6.92 Å². The Hall–Kier alpha value is -2.37. The van der Waals surface area contributed by atoms with Crippen LogP contribution in [0, 0.1) is 6.92 Å². The van der Waals surface area contributed by atoms with Crippen molar-refractivity contribution in [1.29, 1.82) is 0 Å². The molecule has 5 nitrogen and oxygen atoms in total. The van der Waals surface area contributed by atoms with Gasteiger partial charge >= 0.3 is 0 Å². The molecular weight excluding hydrogens is 326 g/mol. The summed E-state index contributed by atoms with van der Waals surface area (Å²) in [6.45, 7) is 2.16. The number of aryl methyl sites for hydroxylation is 1. The molecular formula is C18H20ClN3O2. The lowest BCUT2D eigenvalue weighted by Gasteiger charge is -2.16. The topological polar surface area (TPSA) is 61.4 Å². The minimum Gasteiger partial charge on any atom is -0.325 e. The zero-order chi connectivity index (χ0) is 17.5. The van der Waals surface area contributed by atoms with Gasteiger partial charge in [0, 0.05) is 16.4 Å². The predicted octanol–water partition coefficient (Wildman–Crippen LogP) is 3.16. The molecule has 0 spiro atoms. The molecule has 0 radical (unpaired) electrons. The highest BCUT2D eigenvalue weighted by Crippen LogP contribution is 2.15. The lowest BCUT2D eigenvalue weighted by molar-refractivity contribution is -0.119. The Labute approximate surface area is 146 Å². The molecule has 0 aliphatic heterocycles. The molecule has 2 amide bonds. The molecule has 0 heterocycles. The van der Waals surface area contributed by atoms with Crippen molar-refractivity contribution in [2.75, 3.05) is 30.8 Å². The molecule has 2 aromatic carbocycles. The molecule has 2 N–H and O–H groups in total. The normalized spacial score (nSPS) is 10.5. The van der Waals surface area contributed by atoms with E-state index in [1.54, 1.807) is 36.2 Å². The monoisotopic (exact) mass is 345 g/mol. The van der Waals surface area contributed by atoms with Gasteiger partial charge in [-0.1, -0.05) is 35.9 Å². The number of carbonyl (C=O) groups excluding carboxylic acids is 2. The molecule has 2 rings (SSSR count). The average Bonchev–Trinajstić information content (AvgIpc) is 2.49. The molecule has 6 heteroatoms. The quantitative estimate of drug-likeness (QED) is 0.845. The summed E-state index contributed by atoms with van der Waals surface area (Å²) >= 11 is 5.88. The fourth-order valence-electron chi connectivity index (χ4n) is 2.22. The van der Waals surface area contributed by atoms with Gasteiger partial charge in [-0.3, -0.25) is 14.5 Å². The van der Waals surface area contributed by atoms with E-state index in [1.807, 2.05) is 31.2 Å². The van der Waals surface area contributed by atoms with Gasteiger partial charge in [-0.05, 0) is 43.8 Å². The molecule has 0 aromatic heterocycles. The maximum absolute atomic E-state index is 12.1. The first-order valence-corrected chi connectivity index (χ1v) is 7.91. The van der Waals surface area contributed by atoms with Crippen LogP contribution in [0.2, 0.25) is 5.02 Å². The van der Waals surface area contributed by atoms with Gasteiger partial charge in [0.15, 0.2) is 0 Å². The van der Waals surface area contributed by atoms with E-state index >= 15 is 0 Å². The average molecular weight is 346 g/mol. The van der Waals surface area contributed by atoms with E-state index < -0.39 is 0 Å². The lowest BCUT2D eigenvalue weighted by Crippen LogP contribution is -2.36. The van der Waals surface area contributed by atoms with Crippen molar-refractivity contribution in [3.8, 4) is 0 Å². The van der Waals surface area contributed by atoms with Crippen LogP contribution in [0.4, 0.5) is 11.4 Å². The van der Waals surface area contributed by atoms with Gasteiger partial charge in [-0.25, -0.2) is 0 Å². The Morgan fingerprint density at radius 3 is 2.33 bits per heavy atom. The minimum atomic E-state index is -0.205. The summed E-state index contributed by atoms with van der Waals surface area (Å²) in [5.74, 6) is -0.370. The zero-order valence-corrected chi connectivity index (χ0v) is 14.4. The number of amides is 2. The SMILES string of the molecule is Cc1ccccc1NC(=O)CN(C)CC(=O)Nc1cccc(Cl)c1.